The Balaban J connectivity index is 1.49. The smallest absolute Gasteiger partial charge is 0.230 e. The highest BCUT2D eigenvalue weighted by Gasteiger charge is 2.27. The van der Waals surface area contributed by atoms with E-state index in [9.17, 15) is 4.79 Å². The number of nitrogens with zero attached hydrogens (tertiary/aromatic N) is 5. The summed E-state index contributed by atoms with van der Waals surface area (Å²) in [5.41, 5.74) is 5.37. The van der Waals surface area contributed by atoms with Gasteiger partial charge in [-0.15, -0.1) is 5.10 Å². The Bertz CT molecular complexity index is 1060. The number of rotatable bonds is 4. The summed E-state index contributed by atoms with van der Waals surface area (Å²) in [6.07, 6.45) is 2.32. The van der Waals surface area contributed by atoms with Gasteiger partial charge in [-0.2, -0.15) is 0 Å². The van der Waals surface area contributed by atoms with Crippen LogP contribution < -0.4 is 0 Å². The van der Waals surface area contributed by atoms with Gasteiger partial charge in [0, 0.05) is 12.8 Å². The second-order valence-corrected chi connectivity index (χ2v) is 8.15. The third kappa shape index (κ3) is 4.24. The highest BCUT2D eigenvalue weighted by atomic mass is 32.2. The SMILES string of the molecule is Cc1ccc(-n2cc(CSC3=NC(c4ccccc4)CC(=O)N3C)nn2)cc1C. The first kappa shape index (κ1) is 19.4. The topological polar surface area (TPSA) is 63.4 Å². The molecule has 0 bridgehead atoms. The largest absolute Gasteiger partial charge is 0.295 e. The number of hydrogen-bond acceptors (Lipinski definition) is 5. The summed E-state index contributed by atoms with van der Waals surface area (Å²) in [7, 11) is 1.78. The molecule has 29 heavy (non-hydrogen) atoms. The fourth-order valence-corrected chi connectivity index (χ4v) is 4.08. The molecular weight excluding hydrogens is 382 g/mol. The average Bonchev–Trinajstić information content (AvgIpc) is 3.20. The highest BCUT2D eigenvalue weighted by molar-refractivity contribution is 8.13. The molecule has 0 spiro atoms. The van der Waals surface area contributed by atoms with Crippen molar-refractivity contribution in [2.75, 3.05) is 7.05 Å². The van der Waals surface area contributed by atoms with E-state index in [0.29, 0.717) is 12.2 Å². The van der Waals surface area contributed by atoms with Crippen molar-refractivity contribution >= 4 is 22.8 Å². The molecule has 0 fully saturated rings. The van der Waals surface area contributed by atoms with Crippen molar-refractivity contribution in [3.05, 3.63) is 77.1 Å². The van der Waals surface area contributed by atoms with E-state index in [-0.39, 0.29) is 11.9 Å². The molecule has 1 amide bonds. The molecule has 3 aromatic rings. The molecule has 0 saturated heterocycles. The molecule has 148 valence electrons. The maximum Gasteiger partial charge on any atom is 0.230 e. The van der Waals surface area contributed by atoms with Gasteiger partial charge in [-0.05, 0) is 42.7 Å². The lowest BCUT2D eigenvalue weighted by molar-refractivity contribution is -0.127. The quantitative estimate of drug-likeness (QED) is 0.656. The van der Waals surface area contributed by atoms with Crippen molar-refractivity contribution in [1.29, 1.82) is 0 Å². The van der Waals surface area contributed by atoms with Crippen LogP contribution in [-0.4, -0.2) is 38.0 Å². The molecule has 2 aromatic carbocycles. The molecule has 1 atom stereocenters. The summed E-state index contributed by atoms with van der Waals surface area (Å²) in [4.78, 5) is 18.9. The number of amides is 1. The summed E-state index contributed by atoms with van der Waals surface area (Å²) in [5.74, 6) is 0.679. The van der Waals surface area contributed by atoms with Crippen LogP contribution >= 0.6 is 11.8 Å². The second-order valence-electron chi connectivity index (χ2n) is 7.21. The van der Waals surface area contributed by atoms with Crippen LogP contribution in [0.3, 0.4) is 0 Å². The maximum atomic E-state index is 12.4. The number of thioether (sulfide) groups is 1. The van der Waals surface area contributed by atoms with Crippen molar-refractivity contribution in [3.8, 4) is 5.69 Å². The van der Waals surface area contributed by atoms with E-state index in [1.165, 1.54) is 22.9 Å². The van der Waals surface area contributed by atoms with Gasteiger partial charge in [0.25, 0.3) is 0 Å². The van der Waals surface area contributed by atoms with Crippen LogP contribution in [0.15, 0.2) is 59.7 Å². The van der Waals surface area contributed by atoms with Crippen LogP contribution in [0.5, 0.6) is 0 Å². The molecule has 7 heteroatoms. The first-order chi connectivity index (χ1) is 14.0. The van der Waals surface area contributed by atoms with Gasteiger partial charge >= 0.3 is 0 Å². The predicted octanol–water partition coefficient (Wildman–Crippen LogP) is 4.08. The molecule has 0 radical (unpaired) electrons. The third-order valence-electron chi connectivity index (χ3n) is 5.12. The molecule has 0 aliphatic carbocycles. The summed E-state index contributed by atoms with van der Waals surface area (Å²) in [5, 5.41) is 9.25. The summed E-state index contributed by atoms with van der Waals surface area (Å²) in [6.45, 7) is 4.18. The molecule has 4 rings (SSSR count). The lowest BCUT2D eigenvalue weighted by atomic mass is 10.0. The number of carbonyl (C=O) groups is 1. The Morgan fingerprint density at radius 3 is 2.66 bits per heavy atom. The van der Waals surface area contributed by atoms with Crippen LogP contribution in [0.25, 0.3) is 5.69 Å². The van der Waals surface area contributed by atoms with E-state index >= 15 is 0 Å². The first-order valence-electron chi connectivity index (χ1n) is 9.52. The maximum absolute atomic E-state index is 12.4. The molecule has 2 heterocycles. The third-order valence-corrected chi connectivity index (χ3v) is 6.20. The van der Waals surface area contributed by atoms with Gasteiger partial charge in [0.05, 0.1) is 30.0 Å². The highest BCUT2D eigenvalue weighted by Crippen LogP contribution is 2.29. The summed E-state index contributed by atoms with van der Waals surface area (Å²) < 4.78 is 1.78. The number of aliphatic imine (C=N–C) groups is 1. The Morgan fingerprint density at radius 1 is 1.10 bits per heavy atom. The lowest BCUT2D eigenvalue weighted by Gasteiger charge is -2.27. The van der Waals surface area contributed by atoms with E-state index in [0.717, 1.165) is 22.1 Å². The zero-order valence-electron chi connectivity index (χ0n) is 16.7. The monoisotopic (exact) mass is 405 g/mol. The number of amidine groups is 1. The zero-order valence-corrected chi connectivity index (χ0v) is 17.6. The molecular formula is C22H23N5OS. The normalized spacial score (nSPS) is 16.8. The van der Waals surface area contributed by atoms with E-state index in [2.05, 4.69) is 36.3 Å². The van der Waals surface area contributed by atoms with Gasteiger partial charge in [-0.1, -0.05) is 53.4 Å². The number of hydrogen-bond donors (Lipinski definition) is 0. The van der Waals surface area contributed by atoms with Crippen LogP contribution in [-0.2, 0) is 10.5 Å². The van der Waals surface area contributed by atoms with Crippen LogP contribution in [0.2, 0.25) is 0 Å². The van der Waals surface area contributed by atoms with Crippen LogP contribution in [0.1, 0.15) is 34.8 Å². The van der Waals surface area contributed by atoms with Gasteiger partial charge in [-0.3, -0.25) is 14.7 Å². The summed E-state index contributed by atoms with van der Waals surface area (Å²) in [6, 6.07) is 16.1. The van der Waals surface area contributed by atoms with Crippen molar-refractivity contribution in [1.82, 2.24) is 19.9 Å². The minimum atomic E-state index is -0.131. The zero-order chi connectivity index (χ0) is 20.4. The molecule has 1 aliphatic rings. The molecule has 0 saturated carbocycles. The minimum absolute atomic E-state index is 0.0788. The van der Waals surface area contributed by atoms with Gasteiger partial charge in [0.1, 0.15) is 0 Å². The Hall–Kier alpha value is -2.93. The van der Waals surface area contributed by atoms with Crippen molar-refractivity contribution < 1.29 is 4.79 Å². The number of carbonyl (C=O) groups excluding carboxylic acids is 1. The Morgan fingerprint density at radius 2 is 1.90 bits per heavy atom. The van der Waals surface area contributed by atoms with E-state index in [1.807, 2.05) is 42.6 Å². The molecule has 1 aromatic heterocycles. The summed E-state index contributed by atoms with van der Waals surface area (Å²) >= 11 is 1.51. The molecule has 0 N–H and O–H groups in total. The molecule has 6 nitrogen and oxygen atoms in total. The van der Waals surface area contributed by atoms with E-state index in [4.69, 9.17) is 4.99 Å². The predicted molar refractivity (Wildman–Crippen MR) is 116 cm³/mol. The number of benzene rings is 2. The van der Waals surface area contributed by atoms with Gasteiger partial charge in [0.15, 0.2) is 5.17 Å². The first-order valence-corrected chi connectivity index (χ1v) is 10.5. The van der Waals surface area contributed by atoms with Gasteiger partial charge < -0.3 is 0 Å². The standard InChI is InChI=1S/C22H23N5OS/c1-15-9-10-19(11-16(15)2)27-13-18(24-25-27)14-29-22-23-20(12-21(28)26(22)3)17-7-5-4-6-8-17/h4-11,13,20H,12,14H2,1-3H3. The molecule has 1 aliphatic heterocycles. The van der Waals surface area contributed by atoms with Crippen molar-refractivity contribution in [2.24, 2.45) is 4.99 Å². The van der Waals surface area contributed by atoms with Gasteiger partial charge in [-0.25, -0.2) is 4.68 Å². The Kier molecular flexibility index (Phi) is 5.49. The van der Waals surface area contributed by atoms with Gasteiger partial charge in [0.2, 0.25) is 5.91 Å². The van der Waals surface area contributed by atoms with Crippen molar-refractivity contribution in [3.63, 3.8) is 0 Å². The Labute approximate surface area is 174 Å². The van der Waals surface area contributed by atoms with Crippen molar-refractivity contribution in [2.45, 2.75) is 32.1 Å². The molecule has 1 unspecified atom stereocenters. The lowest BCUT2D eigenvalue weighted by Crippen LogP contribution is -2.36. The van der Waals surface area contributed by atoms with E-state index < -0.39 is 0 Å². The number of aromatic nitrogens is 3. The van der Waals surface area contributed by atoms with E-state index in [1.54, 1.807) is 16.6 Å². The minimum Gasteiger partial charge on any atom is -0.295 e. The average molecular weight is 406 g/mol. The van der Waals surface area contributed by atoms with Crippen LogP contribution in [0.4, 0.5) is 0 Å². The second kappa shape index (κ2) is 8.21. The van der Waals surface area contributed by atoms with Crippen LogP contribution in [0, 0.1) is 13.8 Å². The fraction of sp³-hybridized carbons (Fsp3) is 0.273. The number of aryl methyl sites for hydroxylation is 2. The fourth-order valence-electron chi connectivity index (χ4n) is 3.17.